The molecule has 0 fully saturated rings. The van der Waals surface area contributed by atoms with Crippen LogP contribution in [0, 0.1) is 0 Å². The first-order valence-electron chi connectivity index (χ1n) is 5.67. The molecule has 0 aliphatic heterocycles. The number of fused-ring (bicyclic) bond motifs is 3. The second-order valence-electron chi connectivity index (χ2n) is 4.34. The van der Waals surface area contributed by atoms with Gasteiger partial charge < -0.3 is 11.1 Å². The molecule has 1 atom stereocenters. The molecule has 0 bridgehead atoms. The zero-order chi connectivity index (χ0) is 11.8. The van der Waals surface area contributed by atoms with Gasteiger partial charge in [-0.25, -0.2) is 0 Å². The molecule has 3 N–H and O–H groups in total. The molecule has 1 aliphatic rings. The van der Waals surface area contributed by atoms with Crippen molar-refractivity contribution < 1.29 is 0 Å². The lowest BCUT2D eigenvalue weighted by molar-refractivity contribution is 0.645. The fraction of sp³-hybridized carbons (Fsp3) is 0.231. The van der Waals surface area contributed by atoms with Crippen LogP contribution in [0.1, 0.15) is 23.6 Å². The van der Waals surface area contributed by atoms with E-state index in [2.05, 4.69) is 22.4 Å². The zero-order valence-corrected chi connectivity index (χ0v) is 10.1. The molecule has 86 valence electrons. The summed E-state index contributed by atoms with van der Waals surface area (Å²) >= 11 is 4.93. The zero-order valence-electron chi connectivity index (χ0n) is 9.31. The monoisotopic (exact) mass is 243 g/mol. The van der Waals surface area contributed by atoms with Crippen molar-refractivity contribution in [2.45, 2.75) is 18.9 Å². The van der Waals surface area contributed by atoms with Crippen molar-refractivity contribution in [2.24, 2.45) is 5.73 Å². The highest BCUT2D eigenvalue weighted by molar-refractivity contribution is 7.80. The van der Waals surface area contributed by atoms with Gasteiger partial charge in [-0.2, -0.15) is 0 Å². The summed E-state index contributed by atoms with van der Waals surface area (Å²) in [5.41, 5.74) is 8.26. The molecule has 4 heteroatoms. The third kappa shape index (κ3) is 1.74. The Kier molecular flexibility index (Phi) is 2.44. The molecule has 1 heterocycles. The lowest BCUT2D eigenvalue weighted by atomic mass is 10.0. The Bertz CT molecular complexity index is 594. The van der Waals surface area contributed by atoms with Gasteiger partial charge in [-0.05, 0) is 47.6 Å². The highest BCUT2D eigenvalue weighted by Gasteiger charge is 2.24. The number of nitrogens with one attached hydrogen (secondary N) is 1. The van der Waals surface area contributed by atoms with Crippen LogP contribution >= 0.6 is 12.2 Å². The molecule has 2 aromatic rings. The van der Waals surface area contributed by atoms with Crippen LogP contribution in [0.5, 0.6) is 0 Å². The smallest absolute Gasteiger partial charge is 0.164 e. The van der Waals surface area contributed by atoms with Crippen molar-refractivity contribution in [1.82, 2.24) is 10.3 Å². The Labute approximate surface area is 105 Å². The van der Waals surface area contributed by atoms with E-state index in [1.807, 2.05) is 18.5 Å². The highest BCUT2D eigenvalue weighted by atomic mass is 32.1. The van der Waals surface area contributed by atoms with Crippen molar-refractivity contribution in [2.75, 3.05) is 0 Å². The van der Waals surface area contributed by atoms with Gasteiger partial charge in [-0.15, -0.1) is 0 Å². The second-order valence-corrected chi connectivity index (χ2v) is 4.77. The molecule has 0 spiro atoms. The van der Waals surface area contributed by atoms with Crippen molar-refractivity contribution in [3.8, 4) is 0 Å². The number of rotatable bonds is 1. The summed E-state index contributed by atoms with van der Waals surface area (Å²) in [6.45, 7) is 0. The van der Waals surface area contributed by atoms with Crippen LogP contribution in [0.15, 0.2) is 30.6 Å². The van der Waals surface area contributed by atoms with E-state index < -0.39 is 0 Å². The van der Waals surface area contributed by atoms with Crippen LogP contribution in [-0.4, -0.2) is 10.1 Å². The van der Waals surface area contributed by atoms with Gasteiger partial charge in [0.15, 0.2) is 5.11 Å². The standard InChI is InChI=1S/C13H13N3S/c14-13(17)16-11-4-3-9-2-1-8-5-6-15-7-10(8)12(9)11/h1-2,5-7,11H,3-4H2,(H3,14,16,17). The van der Waals surface area contributed by atoms with Crippen LogP contribution in [0.3, 0.4) is 0 Å². The van der Waals surface area contributed by atoms with Gasteiger partial charge in [0.1, 0.15) is 0 Å². The SMILES string of the molecule is NC(=S)NC1CCc2ccc3ccncc3c21. The van der Waals surface area contributed by atoms with E-state index in [9.17, 15) is 0 Å². The molecule has 1 unspecified atom stereocenters. The van der Waals surface area contributed by atoms with Crippen LogP contribution < -0.4 is 11.1 Å². The van der Waals surface area contributed by atoms with Crippen molar-refractivity contribution in [3.05, 3.63) is 41.7 Å². The van der Waals surface area contributed by atoms with Crippen molar-refractivity contribution >= 4 is 28.1 Å². The first kappa shape index (κ1) is 10.5. The average Bonchev–Trinajstić information content (AvgIpc) is 2.72. The molecule has 3 nitrogen and oxygen atoms in total. The Balaban J connectivity index is 2.17. The summed E-state index contributed by atoms with van der Waals surface area (Å²) in [6, 6.07) is 6.61. The van der Waals surface area contributed by atoms with Gasteiger partial charge in [-0.3, -0.25) is 4.98 Å². The average molecular weight is 243 g/mol. The lowest BCUT2D eigenvalue weighted by Crippen LogP contribution is -2.31. The van der Waals surface area contributed by atoms with E-state index in [1.165, 1.54) is 21.9 Å². The number of aromatic nitrogens is 1. The summed E-state index contributed by atoms with van der Waals surface area (Å²) < 4.78 is 0. The number of hydrogen-bond acceptors (Lipinski definition) is 2. The van der Waals surface area contributed by atoms with Crippen LogP contribution in [-0.2, 0) is 6.42 Å². The second kappa shape index (κ2) is 3.96. The molecule has 17 heavy (non-hydrogen) atoms. The van der Waals surface area contributed by atoms with Gasteiger partial charge >= 0.3 is 0 Å². The number of nitrogens with two attached hydrogens (primary N) is 1. The molecule has 1 aliphatic carbocycles. The molecule has 0 amide bonds. The van der Waals surface area contributed by atoms with E-state index in [0.29, 0.717) is 5.11 Å². The summed E-state index contributed by atoms with van der Waals surface area (Å²) in [5, 5.41) is 5.96. The minimum absolute atomic E-state index is 0.232. The van der Waals surface area contributed by atoms with Gasteiger partial charge in [0.05, 0.1) is 6.04 Å². The predicted octanol–water partition coefficient (Wildman–Crippen LogP) is 2.06. The largest absolute Gasteiger partial charge is 0.376 e. The summed E-state index contributed by atoms with van der Waals surface area (Å²) in [7, 11) is 0. The number of aryl methyl sites for hydroxylation is 1. The molecule has 0 saturated heterocycles. The Hall–Kier alpha value is -1.68. The summed E-state index contributed by atoms with van der Waals surface area (Å²) in [6.07, 6.45) is 5.86. The van der Waals surface area contributed by atoms with E-state index in [-0.39, 0.29) is 6.04 Å². The Morgan fingerprint density at radius 3 is 3.12 bits per heavy atom. The third-order valence-electron chi connectivity index (χ3n) is 3.32. The topological polar surface area (TPSA) is 50.9 Å². The Morgan fingerprint density at radius 2 is 2.29 bits per heavy atom. The molecule has 1 aromatic heterocycles. The summed E-state index contributed by atoms with van der Waals surface area (Å²) in [4.78, 5) is 4.21. The predicted molar refractivity (Wildman–Crippen MR) is 72.7 cm³/mol. The van der Waals surface area contributed by atoms with Crippen LogP contribution in [0.2, 0.25) is 0 Å². The van der Waals surface area contributed by atoms with Crippen LogP contribution in [0.4, 0.5) is 0 Å². The fourth-order valence-electron chi connectivity index (χ4n) is 2.62. The van der Waals surface area contributed by atoms with E-state index in [1.54, 1.807) is 0 Å². The number of nitrogens with zero attached hydrogens (tertiary/aromatic N) is 1. The summed E-state index contributed by atoms with van der Waals surface area (Å²) in [5.74, 6) is 0. The number of thiocarbonyl (C=S) groups is 1. The minimum Gasteiger partial charge on any atom is -0.376 e. The molecular weight excluding hydrogens is 230 g/mol. The minimum atomic E-state index is 0.232. The maximum Gasteiger partial charge on any atom is 0.164 e. The number of pyridine rings is 1. The molecule has 3 rings (SSSR count). The molecule has 0 radical (unpaired) electrons. The molecule has 1 aromatic carbocycles. The normalized spacial score (nSPS) is 18.0. The molecule has 0 saturated carbocycles. The van der Waals surface area contributed by atoms with Gasteiger partial charge in [0.25, 0.3) is 0 Å². The number of hydrogen-bond donors (Lipinski definition) is 2. The maximum absolute atomic E-state index is 5.58. The van der Waals surface area contributed by atoms with E-state index >= 15 is 0 Å². The van der Waals surface area contributed by atoms with Gasteiger partial charge in [0.2, 0.25) is 0 Å². The third-order valence-corrected chi connectivity index (χ3v) is 3.44. The van der Waals surface area contributed by atoms with Crippen molar-refractivity contribution in [1.29, 1.82) is 0 Å². The van der Waals surface area contributed by atoms with E-state index in [4.69, 9.17) is 18.0 Å². The van der Waals surface area contributed by atoms with E-state index in [0.717, 1.165) is 12.8 Å². The quantitative estimate of drug-likeness (QED) is 0.753. The van der Waals surface area contributed by atoms with Gasteiger partial charge in [-0.1, -0.05) is 12.1 Å². The first-order valence-corrected chi connectivity index (χ1v) is 6.08. The fourth-order valence-corrected chi connectivity index (χ4v) is 2.76. The maximum atomic E-state index is 5.58. The molecular formula is C13H13N3S. The van der Waals surface area contributed by atoms with Crippen LogP contribution in [0.25, 0.3) is 10.8 Å². The lowest BCUT2D eigenvalue weighted by Gasteiger charge is -2.15. The Morgan fingerprint density at radius 1 is 1.41 bits per heavy atom. The van der Waals surface area contributed by atoms with Gasteiger partial charge in [0, 0.05) is 17.8 Å². The van der Waals surface area contributed by atoms with Crippen molar-refractivity contribution in [3.63, 3.8) is 0 Å². The highest BCUT2D eigenvalue weighted by Crippen LogP contribution is 2.36. The number of benzene rings is 1. The first-order chi connectivity index (χ1) is 8.25.